The van der Waals surface area contributed by atoms with Crippen LogP contribution in [0.3, 0.4) is 0 Å². The summed E-state index contributed by atoms with van der Waals surface area (Å²) < 4.78 is 0. The zero-order valence-corrected chi connectivity index (χ0v) is 6.64. The van der Waals surface area contributed by atoms with Crippen molar-refractivity contribution in [2.75, 3.05) is 0 Å². The maximum Gasteiger partial charge on any atom is 0.0658 e. The zero-order chi connectivity index (χ0) is 7.40. The Morgan fingerprint density at radius 3 is 2.60 bits per heavy atom. The molecule has 0 saturated heterocycles. The van der Waals surface area contributed by atoms with E-state index in [9.17, 15) is 0 Å². The summed E-state index contributed by atoms with van der Waals surface area (Å²) in [5, 5.41) is 8.74. The summed E-state index contributed by atoms with van der Waals surface area (Å²) in [5.74, 6) is 1.08. The number of nitriles is 1. The van der Waals surface area contributed by atoms with Gasteiger partial charge in [-0.3, -0.25) is 0 Å². The van der Waals surface area contributed by atoms with E-state index in [0.29, 0.717) is 11.8 Å². The Kier molecular flexibility index (Phi) is 2.74. The summed E-state index contributed by atoms with van der Waals surface area (Å²) in [6.07, 6.45) is 6.24. The van der Waals surface area contributed by atoms with Crippen LogP contribution < -0.4 is 0 Å². The lowest BCUT2D eigenvalue weighted by atomic mass is 9.79. The molecule has 1 aliphatic carbocycles. The Morgan fingerprint density at radius 1 is 1.40 bits per heavy atom. The van der Waals surface area contributed by atoms with Crippen LogP contribution in [0.4, 0.5) is 0 Å². The molecule has 0 bridgehead atoms. The van der Waals surface area contributed by atoms with Crippen molar-refractivity contribution >= 4 is 0 Å². The molecule has 0 heterocycles. The normalized spacial score (nSPS) is 33.2. The van der Waals surface area contributed by atoms with E-state index in [4.69, 9.17) is 5.26 Å². The lowest BCUT2D eigenvalue weighted by molar-refractivity contribution is 0.283. The minimum atomic E-state index is 0.374. The molecular weight excluding hydrogens is 122 g/mol. The fourth-order valence-electron chi connectivity index (χ4n) is 1.87. The molecule has 56 valence electrons. The highest BCUT2D eigenvalue weighted by Gasteiger charge is 2.22. The predicted octanol–water partition coefficient (Wildman–Crippen LogP) is 2.73. The van der Waals surface area contributed by atoms with Crippen LogP contribution in [0.15, 0.2) is 0 Å². The zero-order valence-electron chi connectivity index (χ0n) is 6.64. The second-order valence-corrected chi connectivity index (χ2v) is 3.19. The SMILES string of the molecule is CCC1CCCCC1C#N. The molecule has 0 amide bonds. The fourth-order valence-corrected chi connectivity index (χ4v) is 1.87. The molecule has 0 aromatic heterocycles. The lowest BCUT2D eigenvalue weighted by Gasteiger charge is -2.24. The van der Waals surface area contributed by atoms with E-state index >= 15 is 0 Å². The Hall–Kier alpha value is -0.510. The van der Waals surface area contributed by atoms with Crippen molar-refractivity contribution in [3.8, 4) is 6.07 Å². The minimum Gasteiger partial charge on any atom is -0.198 e. The Morgan fingerprint density at radius 2 is 2.10 bits per heavy atom. The van der Waals surface area contributed by atoms with Crippen molar-refractivity contribution in [3.63, 3.8) is 0 Å². The van der Waals surface area contributed by atoms with Gasteiger partial charge in [-0.05, 0) is 18.8 Å². The summed E-state index contributed by atoms with van der Waals surface area (Å²) in [6, 6.07) is 2.40. The first-order valence-corrected chi connectivity index (χ1v) is 4.28. The van der Waals surface area contributed by atoms with Crippen LogP contribution in [0.25, 0.3) is 0 Å². The van der Waals surface area contributed by atoms with Gasteiger partial charge in [-0.15, -0.1) is 0 Å². The molecule has 1 rings (SSSR count). The van der Waals surface area contributed by atoms with Gasteiger partial charge in [-0.1, -0.05) is 26.2 Å². The number of hydrogen-bond acceptors (Lipinski definition) is 1. The number of rotatable bonds is 1. The summed E-state index contributed by atoms with van der Waals surface area (Å²) >= 11 is 0. The second-order valence-electron chi connectivity index (χ2n) is 3.19. The average molecular weight is 137 g/mol. The quantitative estimate of drug-likeness (QED) is 0.545. The van der Waals surface area contributed by atoms with Gasteiger partial charge in [0.15, 0.2) is 0 Å². The molecule has 1 aliphatic rings. The molecular formula is C9H15N. The first-order chi connectivity index (χ1) is 4.88. The maximum absolute atomic E-state index is 8.74. The van der Waals surface area contributed by atoms with Crippen LogP contribution in [-0.4, -0.2) is 0 Å². The van der Waals surface area contributed by atoms with Gasteiger partial charge in [-0.25, -0.2) is 0 Å². The van der Waals surface area contributed by atoms with Crippen LogP contribution in [0.2, 0.25) is 0 Å². The van der Waals surface area contributed by atoms with Crippen molar-refractivity contribution in [1.29, 1.82) is 5.26 Å². The van der Waals surface area contributed by atoms with Gasteiger partial charge in [0.25, 0.3) is 0 Å². The number of hydrogen-bond donors (Lipinski definition) is 0. The molecule has 1 heteroatoms. The largest absolute Gasteiger partial charge is 0.198 e. The number of nitrogens with zero attached hydrogens (tertiary/aromatic N) is 1. The third kappa shape index (κ3) is 1.50. The van der Waals surface area contributed by atoms with Crippen molar-refractivity contribution in [1.82, 2.24) is 0 Å². The van der Waals surface area contributed by atoms with Crippen molar-refractivity contribution in [3.05, 3.63) is 0 Å². The van der Waals surface area contributed by atoms with Crippen LogP contribution >= 0.6 is 0 Å². The van der Waals surface area contributed by atoms with Crippen LogP contribution in [-0.2, 0) is 0 Å². The van der Waals surface area contributed by atoms with Crippen LogP contribution in [0.1, 0.15) is 39.0 Å². The molecule has 1 saturated carbocycles. The molecule has 10 heavy (non-hydrogen) atoms. The van der Waals surface area contributed by atoms with Gasteiger partial charge in [0, 0.05) is 5.92 Å². The maximum atomic E-state index is 8.74. The van der Waals surface area contributed by atoms with Crippen LogP contribution in [0.5, 0.6) is 0 Å². The van der Waals surface area contributed by atoms with Crippen molar-refractivity contribution in [2.24, 2.45) is 11.8 Å². The molecule has 0 spiro atoms. The minimum absolute atomic E-state index is 0.374. The molecule has 1 fully saturated rings. The fraction of sp³-hybridized carbons (Fsp3) is 0.889. The summed E-state index contributed by atoms with van der Waals surface area (Å²) in [5.41, 5.74) is 0. The van der Waals surface area contributed by atoms with E-state index in [1.54, 1.807) is 0 Å². The first kappa shape index (κ1) is 7.60. The topological polar surface area (TPSA) is 23.8 Å². The monoisotopic (exact) mass is 137 g/mol. The average Bonchev–Trinajstić information content (AvgIpc) is 2.04. The molecule has 0 N–H and O–H groups in total. The van der Waals surface area contributed by atoms with E-state index < -0.39 is 0 Å². The molecule has 0 aromatic rings. The molecule has 0 aromatic carbocycles. The molecule has 0 radical (unpaired) electrons. The highest BCUT2D eigenvalue weighted by Crippen LogP contribution is 2.31. The van der Waals surface area contributed by atoms with Gasteiger partial charge in [0.2, 0.25) is 0 Å². The lowest BCUT2D eigenvalue weighted by Crippen LogP contribution is -2.16. The third-order valence-corrected chi connectivity index (χ3v) is 2.60. The van der Waals surface area contributed by atoms with Gasteiger partial charge < -0.3 is 0 Å². The summed E-state index contributed by atoms with van der Waals surface area (Å²) in [7, 11) is 0. The van der Waals surface area contributed by atoms with E-state index in [0.717, 1.165) is 6.42 Å². The first-order valence-electron chi connectivity index (χ1n) is 4.28. The van der Waals surface area contributed by atoms with Crippen LogP contribution in [0, 0.1) is 23.2 Å². The van der Waals surface area contributed by atoms with Gasteiger partial charge >= 0.3 is 0 Å². The van der Waals surface area contributed by atoms with E-state index in [1.807, 2.05) is 0 Å². The van der Waals surface area contributed by atoms with Gasteiger partial charge in [0.1, 0.15) is 0 Å². The molecule has 2 atom stereocenters. The second kappa shape index (κ2) is 3.61. The Bertz CT molecular complexity index is 134. The highest BCUT2D eigenvalue weighted by atomic mass is 14.3. The van der Waals surface area contributed by atoms with Crippen molar-refractivity contribution in [2.45, 2.75) is 39.0 Å². The molecule has 0 aliphatic heterocycles. The van der Waals surface area contributed by atoms with E-state index in [-0.39, 0.29) is 0 Å². The molecule has 1 nitrogen and oxygen atoms in total. The Balaban J connectivity index is 2.44. The Labute approximate surface area is 63.0 Å². The summed E-state index contributed by atoms with van der Waals surface area (Å²) in [6.45, 7) is 2.19. The van der Waals surface area contributed by atoms with E-state index in [2.05, 4.69) is 13.0 Å². The third-order valence-electron chi connectivity index (χ3n) is 2.60. The van der Waals surface area contributed by atoms with E-state index in [1.165, 1.54) is 25.7 Å². The van der Waals surface area contributed by atoms with Crippen molar-refractivity contribution < 1.29 is 0 Å². The molecule has 2 unspecified atom stereocenters. The standard InChI is InChI=1S/C9H15N/c1-2-8-5-3-4-6-9(8)7-10/h8-9H,2-6H2,1H3. The van der Waals surface area contributed by atoms with Gasteiger partial charge in [-0.2, -0.15) is 5.26 Å². The van der Waals surface area contributed by atoms with Gasteiger partial charge in [0.05, 0.1) is 6.07 Å². The predicted molar refractivity (Wildman–Crippen MR) is 41.4 cm³/mol. The smallest absolute Gasteiger partial charge is 0.0658 e. The highest BCUT2D eigenvalue weighted by molar-refractivity contribution is 4.89. The summed E-state index contributed by atoms with van der Waals surface area (Å²) in [4.78, 5) is 0.